The highest BCUT2D eigenvalue weighted by Gasteiger charge is 2.21. The quantitative estimate of drug-likeness (QED) is 0.304. The first-order valence-corrected chi connectivity index (χ1v) is 13.1. The third-order valence-corrected chi connectivity index (χ3v) is 7.28. The molecular weight excluding hydrogens is 527 g/mol. The number of para-hydroxylation sites is 1. The van der Waals surface area contributed by atoms with Gasteiger partial charge >= 0.3 is 10.3 Å². The van der Waals surface area contributed by atoms with Crippen LogP contribution >= 0.6 is 23.2 Å². The number of rotatable bonds is 6. The van der Waals surface area contributed by atoms with Gasteiger partial charge in [-0.25, -0.2) is 13.9 Å². The van der Waals surface area contributed by atoms with Crippen LogP contribution in [0.2, 0.25) is 10.0 Å². The Bertz CT molecular complexity index is 1550. The number of piperazine rings is 1. The van der Waals surface area contributed by atoms with E-state index in [0.29, 0.717) is 27.4 Å². The van der Waals surface area contributed by atoms with Crippen LogP contribution in [0.15, 0.2) is 48.8 Å². The van der Waals surface area contributed by atoms with Crippen LogP contribution in [0.25, 0.3) is 22.2 Å². The van der Waals surface area contributed by atoms with Crippen molar-refractivity contribution < 1.29 is 17.7 Å². The Hall–Kier alpha value is -3.09. The van der Waals surface area contributed by atoms with Crippen LogP contribution in [0.4, 0.5) is 17.3 Å². The monoisotopic (exact) mass is 548 g/mol. The van der Waals surface area contributed by atoms with Gasteiger partial charge in [-0.15, -0.1) is 0 Å². The number of fused-ring (bicyclic) bond motifs is 1. The molecule has 0 saturated carbocycles. The molecule has 0 atom stereocenters. The second-order valence-electron chi connectivity index (χ2n) is 8.09. The van der Waals surface area contributed by atoms with Crippen molar-refractivity contribution in [1.82, 2.24) is 19.3 Å². The predicted molar refractivity (Wildman–Crippen MR) is 141 cm³/mol. The number of methoxy groups -OCH3 is 1. The molecule has 1 aliphatic rings. The molecule has 0 radical (unpaired) electrons. The number of ether oxygens (including phenoxy) is 1. The van der Waals surface area contributed by atoms with E-state index in [4.69, 9.17) is 27.9 Å². The fraction of sp³-hybridized carbons (Fsp3) is 0.217. The Kier molecular flexibility index (Phi) is 6.66. The largest absolute Gasteiger partial charge is 0.494 e. The van der Waals surface area contributed by atoms with Crippen LogP contribution in [-0.4, -0.2) is 60.2 Å². The average molecular weight is 549 g/mol. The van der Waals surface area contributed by atoms with Crippen molar-refractivity contribution in [2.45, 2.75) is 0 Å². The first kappa shape index (κ1) is 24.6. The molecule has 36 heavy (non-hydrogen) atoms. The third-order valence-electron chi connectivity index (χ3n) is 5.90. The molecule has 0 aliphatic carbocycles. The summed E-state index contributed by atoms with van der Waals surface area (Å²) in [5.41, 5.74) is 2.41. The minimum Gasteiger partial charge on any atom is -0.494 e. The highest BCUT2D eigenvalue weighted by molar-refractivity contribution is 7.84. The van der Waals surface area contributed by atoms with Crippen molar-refractivity contribution in [2.24, 2.45) is 0 Å². The number of nitrogens with one attached hydrogen (secondary N) is 2. The molecule has 5 rings (SSSR count). The van der Waals surface area contributed by atoms with Gasteiger partial charge in [-0.05, 0) is 12.1 Å². The number of nitrogens with zero attached hydrogens (tertiary/aromatic N) is 4. The van der Waals surface area contributed by atoms with Crippen molar-refractivity contribution in [3.8, 4) is 17.0 Å². The molecule has 1 saturated heterocycles. The van der Waals surface area contributed by atoms with Crippen LogP contribution in [0.3, 0.4) is 0 Å². The highest BCUT2D eigenvalue weighted by Crippen LogP contribution is 2.39. The molecule has 3 N–H and O–H groups in total. The summed E-state index contributed by atoms with van der Waals surface area (Å²) >= 11 is 13.0. The van der Waals surface area contributed by atoms with Crippen molar-refractivity contribution in [3.05, 3.63) is 58.8 Å². The zero-order valence-electron chi connectivity index (χ0n) is 19.1. The third kappa shape index (κ3) is 4.67. The van der Waals surface area contributed by atoms with Gasteiger partial charge in [-0.3, -0.25) is 4.55 Å². The fourth-order valence-electron chi connectivity index (χ4n) is 4.22. The molecule has 0 bridgehead atoms. The van der Waals surface area contributed by atoms with Gasteiger partial charge in [0, 0.05) is 49.4 Å². The Morgan fingerprint density at radius 3 is 2.61 bits per heavy atom. The summed E-state index contributed by atoms with van der Waals surface area (Å²) in [6.45, 7) is 3.40. The lowest BCUT2D eigenvalue weighted by molar-refractivity contribution is 0.416. The normalized spacial score (nSPS) is 14.3. The van der Waals surface area contributed by atoms with E-state index in [1.165, 1.54) is 12.4 Å². The number of anilines is 3. The van der Waals surface area contributed by atoms with E-state index >= 15 is 0 Å². The minimum atomic E-state index is -4.54. The number of hydrogen-bond acceptors (Lipinski definition) is 8. The van der Waals surface area contributed by atoms with E-state index in [1.807, 2.05) is 6.07 Å². The van der Waals surface area contributed by atoms with Gasteiger partial charge in [-0.2, -0.15) is 8.42 Å². The lowest BCUT2D eigenvalue weighted by Gasteiger charge is -2.30. The fourth-order valence-corrected chi connectivity index (χ4v) is 5.35. The summed E-state index contributed by atoms with van der Waals surface area (Å²) in [4.78, 5) is 11.0. The Morgan fingerprint density at radius 2 is 1.89 bits per heavy atom. The van der Waals surface area contributed by atoms with Gasteiger partial charge in [0.2, 0.25) is 5.95 Å². The summed E-state index contributed by atoms with van der Waals surface area (Å²) in [5.74, 6) is 0.749. The maximum absolute atomic E-state index is 11.9. The van der Waals surface area contributed by atoms with Gasteiger partial charge < -0.3 is 20.3 Å². The number of halogens is 2. The molecule has 1 fully saturated rings. The van der Waals surface area contributed by atoms with Crippen LogP contribution in [0.1, 0.15) is 0 Å². The van der Waals surface area contributed by atoms with Crippen LogP contribution < -0.4 is 20.3 Å². The summed E-state index contributed by atoms with van der Waals surface area (Å²) in [5, 5.41) is 7.73. The van der Waals surface area contributed by atoms with Gasteiger partial charge in [0.05, 0.1) is 45.9 Å². The lowest BCUT2D eigenvalue weighted by Crippen LogP contribution is -2.43. The Morgan fingerprint density at radius 1 is 1.14 bits per heavy atom. The summed E-state index contributed by atoms with van der Waals surface area (Å²) in [6, 6.07) is 10.3. The zero-order chi connectivity index (χ0) is 25.4. The molecule has 0 spiro atoms. The van der Waals surface area contributed by atoms with E-state index in [0.717, 1.165) is 35.8 Å². The van der Waals surface area contributed by atoms with Crippen LogP contribution in [0, 0.1) is 0 Å². The topological polar surface area (TPSA) is 122 Å². The molecule has 2 aromatic carbocycles. The number of hydrogen-bond donors (Lipinski definition) is 3. The van der Waals surface area contributed by atoms with E-state index in [1.54, 1.807) is 37.4 Å². The number of aromatic nitrogens is 3. The zero-order valence-corrected chi connectivity index (χ0v) is 21.4. The molecule has 13 heteroatoms. The van der Waals surface area contributed by atoms with Gasteiger partial charge in [0.1, 0.15) is 5.75 Å². The Balaban J connectivity index is 1.54. The van der Waals surface area contributed by atoms with Crippen molar-refractivity contribution in [1.29, 1.82) is 0 Å². The Labute approximate surface area is 217 Å². The SMILES string of the molecule is COc1cc(N2CCNCC2)c(Cl)cc1Nc1ncc(Cl)c(-c2cn(S(=O)(=O)O)c3ccccc23)n1. The summed E-state index contributed by atoms with van der Waals surface area (Å²) < 4.78 is 39.9. The molecular formula is C23H22Cl2N6O4S. The van der Waals surface area contributed by atoms with Crippen molar-refractivity contribution in [2.75, 3.05) is 43.5 Å². The molecule has 188 valence electrons. The maximum atomic E-state index is 11.9. The second-order valence-corrected chi connectivity index (χ2v) is 10.2. The van der Waals surface area contributed by atoms with E-state index in [9.17, 15) is 13.0 Å². The predicted octanol–water partition coefficient (Wildman–Crippen LogP) is 4.22. The van der Waals surface area contributed by atoms with E-state index < -0.39 is 10.3 Å². The summed E-state index contributed by atoms with van der Waals surface area (Å²) in [7, 11) is -2.98. The van der Waals surface area contributed by atoms with E-state index in [-0.39, 0.29) is 22.2 Å². The minimum absolute atomic E-state index is 0.197. The van der Waals surface area contributed by atoms with Gasteiger partial charge in [0.15, 0.2) is 0 Å². The standard InChI is InChI=1S/C23H22Cl2N6O4S/c1-35-21-11-20(30-8-6-26-7-9-30)16(24)10-18(21)28-23-27-12-17(25)22(29-23)15-13-31(36(32,33)34)19-5-3-2-4-14(15)19/h2-5,10-13,26H,6-9H2,1H3,(H,27,28,29)(H,32,33,34). The van der Waals surface area contributed by atoms with Crippen LogP contribution in [-0.2, 0) is 10.3 Å². The lowest BCUT2D eigenvalue weighted by atomic mass is 10.1. The summed E-state index contributed by atoms with van der Waals surface area (Å²) in [6.07, 6.45) is 2.69. The molecule has 0 unspecified atom stereocenters. The first-order valence-electron chi connectivity index (χ1n) is 11.0. The molecule has 4 aromatic rings. The van der Waals surface area contributed by atoms with Crippen LogP contribution in [0.5, 0.6) is 5.75 Å². The van der Waals surface area contributed by atoms with Crippen molar-refractivity contribution in [3.63, 3.8) is 0 Å². The molecule has 3 heterocycles. The maximum Gasteiger partial charge on any atom is 0.363 e. The molecule has 1 aliphatic heterocycles. The van der Waals surface area contributed by atoms with E-state index in [2.05, 4.69) is 25.5 Å². The molecule has 2 aromatic heterocycles. The number of benzene rings is 2. The average Bonchev–Trinajstić information content (AvgIpc) is 3.26. The highest BCUT2D eigenvalue weighted by atomic mass is 35.5. The van der Waals surface area contributed by atoms with Gasteiger partial charge in [0.25, 0.3) is 0 Å². The first-order chi connectivity index (χ1) is 17.3. The molecule has 10 nitrogen and oxygen atoms in total. The van der Waals surface area contributed by atoms with Crippen molar-refractivity contribution >= 4 is 61.7 Å². The van der Waals surface area contributed by atoms with Gasteiger partial charge in [-0.1, -0.05) is 41.4 Å². The smallest absolute Gasteiger partial charge is 0.363 e. The second kappa shape index (κ2) is 9.75. The molecule has 0 amide bonds.